The first kappa shape index (κ1) is 21.1. The van der Waals surface area contributed by atoms with E-state index in [-0.39, 0.29) is 23.5 Å². The second-order valence-corrected chi connectivity index (χ2v) is 8.60. The minimum absolute atomic E-state index is 0.184. The van der Waals surface area contributed by atoms with Gasteiger partial charge in [0, 0.05) is 23.5 Å². The summed E-state index contributed by atoms with van der Waals surface area (Å²) in [7, 11) is 0. The molecule has 154 valence electrons. The smallest absolute Gasteiger partial charge is 0.318 e. The Bertz CT molecular complexity index is 894. The third kappa shape index (κ3) is 6.19. The Kier molecular flexibility index (Phi) is 6.42. The van der Waals surface area contributed by atoms with Crippen LogP contribution < -0.4 is 5.32 Å². The Morgan fingerprint density at radius 2 is 2.00 bits per heavy atom. The fraction of sp³-hybridized carbons (Fsp3) is 0.364. The lowest BCUT2D eigenvalue weighted by Gasteiger charge is -2.29. The normalized spacial score (nSPS) is 16.2. The van der Waals surface area contributed by atoms with Gasteiger partial charge in [0.05, 0.1) is 12.3 Å². The van der Waals surface area contributed by atoms with Crippen molar-refractivity contribution < 1.29 is 14.0 Å². The number of rotatable bonds is 5. The Labute approximate surface area is 175 Å². The molecule has 2 amide bonds. The SMILES string of the molecule is CC(C)(C)NC(=O)N(Cc1cccc(Cl)c1)C[C@H]1CC(c2ccc(F)cc2)=NO1. The molecule has 1 N–H and O–H groups in total. The fourth-order valence-corrected chi connectivity index (χ4v) is 3.27. The van der Waals surface area contributed by atoms with E-state index in [1.165, 1.54) is 12.1 Å². The first-order valence-corrected chi connectivity index (χ1v) is 9.87. The van der Waals surface area contributed by atoms with E-state index >= 15 is 0 Å². The molecule has 0 bridgehead atoms. The summed E-state index contributed by atoms with van der Waals surface area (Å²) in [6.45, 7) is 6.57. The highest BCUT2D eigenvalue weighted by molar-refractivity contribution is 6.30. The molecule has 1 atom stereocenters. The van der Waals surface area contributed by atoms with Gasteiger partial charge < -0.3 is 15.1 Å². The lowest BCUT2D eigenvalue weighted by Crippen LogP contribution is -2.50. The van der Waals surface area contributed by atoms with Crippen molar-refractivity contribution in [2.75, 3.05) is 6.54 Å². The summed E-state index contributed by atoms with van der Waals surface area (Å²) in [5, 5.41) is 7.76. The van der Waals surface area contributed by atoms with Crippen molar-refractivity contribution in [3.63, 3.8) is 0 Å². The van der Waals surface area contributed by atoms with Gasteiger partial charge in [0.15, 0.2) is 6.10 Å². The molecular formula is C22H25ClFN3O2. The van der Waals surface area contributed by atoms with Crippen molar-refractivity contribution >= 4 is 23.3 Å². The fourth-order valence-electron chi connectivity index (χ4n) is 3.06. The molecule has 2 aromatic carbocycles. The number of carbonyl (C=O) groups is 1. The average Bonchev–Trinajstić information content (AvgIpc) is 3.09. The maximum atomic E-state index is 13.2. The number of carbonyl (C=O) groups excluding carboxylic acids is 1. The van der Waals surface area contributed by atoms with Gasteiger partial charge in [0.2, 0.25) is 0 Å². The highest BCUT2D eigenvalue weighted by atomic mass is 35.5. The zero-order valence-corrected chi connectivity index (χ0v) is 17.5. The molecule has 0 saturated heterocycles. The molecule has 0 saturated carbocycles. The highest BCUT2D eigenvalue weighted by Crippen LogP contribution is 2.20. The number of amides is 2. The van der Waals surface area contributed by atoms with Crippen LogP contribution in [0, 0.1) is 5.82 Å². The molecule has 5 nitrogen and oxygen atoms in total. The van der Waals surface area contributed by atoms with Gasteiger partial charge in [-0.1, -0.05) is 41.0 Å². The Balaban J connectivity index is 1.69. The molecule has 0 aliphatic carbocycles. The average molecular weight is 418 g/mol. The predicted octanol–water partition coefficient (Wildman–Crippen LogP) is 4.98. The number of urea groups is 1. The Hall–Kier alpha value is -2.60. The number of halogens is 2. The van der Waals surface area contributed by atoms with E-state index in [1.807, 2.05) is 39.0 Å². The van der Waals surface area contributed by atoms with Gasteiger partial charge in [-0.2, -0.15) is 0 Å². The number of hydrogen-bond donors (Lipinski definition) is 1. The van der Waals surface area contributed by atoms with Crippen LogP contribution in [-0.2, 0) is 11.4 Å². The van der Waals surface area contributed by atoms with Gasteiger partial charge in [-0.15, -0.1) is 0 Å². The molecule has 3 rings (SSSR count). The summed E-state index contributed by atoms with van der Waals surface area (Å²) in [5.74, 6) is -0.295. The molecular weight excluding hydrogens is 393 g/mol. The van der Waals surface area contributed by atoms with Crippen LogP contribution in [0.5, 0.6) is 0 Å². The van der Waals surface area contributed by atoms with Crippen LogP contribution >= 0.6 is 11.6 Å². The van der Waals surface area contributed by atoms with E-state index in [0.717, 1.165) is 16.8 Å². The lowest BCUT2D eigenvalue weighted by atomic mass is 10.0. The second kappa shape index (κ2) is 8.82. The number of benzene rings is 2. The summed E-state index contributed by atoms with van der Waals surface area (Å²) < 4.78 is 13.2. The molecule has 0 radical (unpaired) electrons. The molecule has 0 aromatic heterocycles. The van der Waals surface area contributed by atoms with Crippen molar-refractivity contribution in [3.8, 4) is 0 Å². The van der Waals surface area contributed by atoms with Crippen molar-refractivity contribution in [2.24, 2.45) is 5.16 Å². The zero-order valence-electron chi connectivity index (χ0n) is 16.8. The maximum absolute atomic E-state index is 13.2. The molecule has 0 fully saturated rings. The summed E-state index contributed by atoms with van der Waals surface area (Å²) in [6, 6.07) is 13.4. The van der Waals surface area contributed by atoms with Gasteiger partial charge in [0.1, 0.15) is 5.82 Å². The van der Waals surface area contributed by atoms with E-state index in [9.17, 15) is 9.18 Å². The van der Waals surface area contributed by atoms with Crippen molar-refractivity contribution in [2.45, 2.75) is 45.4 Å². The van der Waals surface area contributed by atoms with Crippen LogP contribution in [0.4, 0.5) is 9.18 Å². The van der Waals surface area contributed by atoms with Crippen LogP contribution in [-0.4, -0.2) is 34.8 Å². The first-order chi connectivity index (χ1) is 13.7. The van der Waals surface area contributed by atoms with Gasteiger partial charge in [-0.25, -0.2) is 9.18 Å². The van der Waals surface area contributed by atoms with Crippen molar-refractivity contribution in [1.29, 1.82) is 0 Å². The van der Waals surface area contributed by atoms with Crippen LogP contribution in [0.2, 0.25) is 5.02 Å². The molecule has 0 spiro atoms. The van der Waals surface area contributed by atoms with Gasteiger partial charge in [0.25, 0.3) is 0 Å². The lowest BCUT2D eigenvalue weighted by molar-refractivity contribution is 0.0580. The van der Waals surface area contributed by atoms with Gasteiger partial charge >= 0.3 is 6.03 Å². The quantitative estimate of drug-likeness (QED) is 0.745. The molecule has 2 aromatic rings. The zero-order chi connectivity index (χ0) is 21.0. The summed E-state index contributed by atoms with van der Waals surface area (Å²) in [4.78, 5) is 20.1. The van der Waals surface area contributed by atoms with Crippen LogP contribution in [0.3, 0.4) is 0 Å². The molecule has 29 heavy (non-hydrogen) atoms. The van der Waals surface area contributed by atoms with Crippen LogP contribution in [0.1, 0.15) is 38.3 Å². The number of nitrogens with one attached hydrogen (secondary N) is 1. The van der Waals surface area contributed by atoms with Crippen LogP contribution in [0.25, 0.3) is 0 Å². The molecule has 1 aliphatic heterocycles. The summed E-state index contributed by atoms with van der Waals surface area (Å²) >= 11 is 6.09. The maximum Gasteiger partial charge on any atom is 0.318 e. The third-order valence-corrected chi connectivity index (χ3v) is 4.60. The summed E-state index contributed by atoms with van der Waals surface area (Å²) in [5.41, 5.74) is 2.12. The Morgan fingerprint density at radius 3 is 2.66 bits per heavy atom. The molecule has 1 heterocycles. The minimum Gasteiger partial charge on any atom is -0.390 e. The number of nitrogens with zero attached hydrogens (tertiary/aromatic N) is 2. The minimum atomic E-state index is -0.365. The number of hydrogen-bond acceptors (Lipinski definition) is 3. The molecule has 0 unspecified atom stereocenters. The second-order valence-electron chi connectivity index (χ2n) is 8.17. The van der Waals surface area contributed by atoms with Gasteiger partial charge in [-0.05, 0) is 56.2 Å². The molecule has 7 heteroatoms. The topological polar surface area (TPSA) is 53.9 Å². The number of oxime groups is 1. The van der Waals surface area contributed by atoms with E-state index < -0.39 is 0 Å². The summed E-state index contributed by atoms with van der Waals surface area (Å²) in [6.07, 6.45) is 0.264. The third-order valence-electron chi connectivity index (χ3n) is 4.37. The Morgan fingerprint density at radius 1 is 1.28 bits per heavy atom. The van der Waals surface area contributed by atoms with Crippen LogP contribution in [0.15, 0.2) is 53.7 Å². The van der Waals surface area contributed by atoms with E-state index in [2.05, 4.69) is 10.5 Å². The first-order valence-electron chi connectivity index (χ1n) is 9.50. The highest BCUT2D eigenvalue weighted by Gasteiger charge is 2.28. The monoisotopic (exact) mass is 417 g/mol. The van der Waals surface area contributed by atoms with Gasteiger partial charge in [-0.3, -0.25) is 0 Å². The van der Waals surface area contributed by atoms with Crippen molar-refractivity contribution in [1.82, 2.24) is 10.2 Å². The van der Waals surface area contributed by atoms with E-state index in [4.69, 9.17) is 16.4 Å². The van der Waals surface area contributed by atoms with E-state index in [1.54, 1.807) is 23.1 Å². The van der Waals surface area contributed by atoms with Crippen molar-refractivity contribution in [3.05, 3.63) is 70.5 Å². The largest absolute Gasteiger partial charge is 0.390 e. The molecule has 1 aliphatic rings. The standard InChI is InChI=1S/C22H25ClFN3O2/c1-22(2,3)25-21(28)27(13-15-5-4-6-17(23)11-15)14-19-12-20(26-29-19)16-7-9-18(24)10-8-16/h4-11,19H,12-14H2,1-3H3,(H,25,28)/t19-/m1/s1. The van der Waals surface area contributed by atoms with E-state index in [0.29, 0.717) is 24.5 Å². The predicted molar refractivity (Wildman–Crippen MR) is 113 cm³/mol.